The largest absolute Gasteiger partial charge is 0.322 e. The van der Waals surface area contributed by atoms with Gasteiger partial charge in [0.1, 0.15) is 0 Å². The van der Waals surface area contributed by atoms with Gasteiger partial charge in [-0.15, -0.1) is 11.8 Å². The van der Waals surface area contributed by atoms with Gasteiger partial charge >= 0.3 is 0 Å². The fraction of sp³-hybridized carbons (Fsp3) is 0.107. The number of amides is 1. The number of carbonyl (C=O) groups is 1. The maximum Gasteiger partial charge on any atom is 0.264 e. The van der Waals surface area contributed by atoms with E-state index in [4.69, 9.17) is 23.2 Å². The fourth-order valence-corrected chi connectivity index (χ4v) is 7.32. The fourth-order valence-electron chi connectivity index (χ4n) is 3.84. The van der Waals surface area contributed by atoms with E-state index in [2.05, 4.69) is 10.0 Å². The Morgan fingerprint density at radius 1 is 0.829 bits per heavy atom. The lowest BCUT2D eigenvalue weighted by molar-refractivity contribution is 0.102. The van der Waals surface area contributed by atoms with Crippen molar-refractivity contribution in [1.29, 1.82) is 0 Å². The third kappa shape index (κ3) is 7.17. The molecule has 0 aromatic heterocycles. The number of rotatable bonds is 10. The summed E-state index contributed by atoms with van der Waals surface area (Å²) in [6.45, 7) is 1.93. The van der Waals surface area contributed by atoms with Gasteiger partial charge in [-0.2, -0.15) is 0 Å². The first kappa shape index (κ1) is 30.7. The normalized spacial score (nSPS) is 11.6. The summed E-state index contributed by atoms with van der Waals surface area (Å²) in [5.41, 5.74) is 1.26. The minimum absolute atomic E-state index is 0.0326. The van der Waals surface area contributed by atoms with Gasteiger partial charge in [-0.05, 0) is 104 Å². The molecule has 0 aliphatic rings. The smallest absolute Gasteiger partial charge is 0.264 e. The second-order valence-electron chi connectivity index (χ2n) is 8.60. The van der Waals surface area contributed by atoms with Crippen molar-refractivity contribution in [2.45, 2.75) is 21.6 Å². The van der Waals surface area contributed by atoms with Crippen LogP contribution < -0.4 is 14.3 Å². The topological polar surface area (TPSA) is 113 Å². The lowest BCUT2D eigenvalue weighted by Gasteiger charge is -2.23. The first-order chi connectivity index (χ1) is 19.4. The predicted molar refractivity (Wildman–Crippen MR) is 167 cm³/mol. The highest BCUT2D eigenvalue weighted by Crippen LogP contribution is 2.29. The van der Waals surface area contributed by atoms with Crippen LogP contribution >= 0.6 is 35.0 Å². The molecular formula is C28H25Cl2N3O5S3. The quantitative estimate of drug-likeness (QED) is 0.179. The maximum absolute atomic E-state index is 13.2. The number of sulfonamides is 2. The Balaban J connectivity index is 1.45. The Hall–Kier alpha value is -3.22. The number of nitrogens with one attached hydrogen (secondary N) is 2. The Morgan fingerprint density at radius 2 is 1.44 bits per heavy atom. The number of carbonyl (C=O) groups excluding carboxylic acids is 1. The zero-order chi connectivity index (χ0) is 29.8. The van der Waals surface area contributed by atoms with E-state index in [0.29, 0.717) is 22.0 Å². The Bertz CT molecular complexity index is 1760. The van der Waals surface area contributed by atoms with Gasteiger partial charge < -0.3 is 5.32 Å². The third-order valence-electron chi connectivity index (χ3n) is 5.95. The van der Waals surface area contributed by atoms with Gasteiger partial charge in [0.2, 0.25) is 0 Å². The summed E-state index contributed by atoms with van der Waals surface area (Å²) < 4.78 is 55.7. The molecule has 0 bridgehead atoms. The molecule has 4 aromatic rings. The van der Waals surface area contributed by atoms with E-state index >= 15 is 0 Å². The first-order valence-electron chi connectivity index (χ1n) is 12.1. The van der Waals surface area contributed by atoms with Gasteiger partial charge in [-0.1, -0.05) is 23.2 Å². The van der Waals surface area contributed by atoms with Crippen LogP contribution in [0.2, 0.25) is 10.0 Å². The Kier molecular flexibility index (Phi) is 9.55. The van der Waals surface area contributed by atoms with Crippen LogP contribution in [0.1, 0.15) is 17.3 Å². The summed E-state index contributed by atoms with van der Waals surface area (Å²) in [6, 6.07) is 22.8. The summed E-state index contributed by atoms with van der Waals surface area (Å²) in [5, 5.41) is 3.23. The zero-order valence-electron chi connectivity index (χ0n) is 21.8. The summed E-state index contributed by atoms with van der Waals surface area (Å²) in [5.74, 6) is -0.447. The summed E-state index contributed by atoms with van der Waals surface area (Å²) in [6.07, 6.45) is 1.91. The number of hydrogen-bond donors (Lipinski definition) is 2. The molecule has 0 aliphatic carbocycles. The van der Waals surface area contributed by atoms with Crippen molar-refractivity contribution in [3.05, 3.63) is 107 Å². The van der Waals surface area contributed by atoms with Gasteiger partial charge in [0.15, 0.2) is 0 Å². The van der Waals surface area contributed by atoms with Crippen LogP contribution in [0.5, 0.6) is 0 Å². The predicted octanol–water partition coefficient (Wildman–Crippen LogP) is 6.98. The molecular weight excluding hydrogens is 625 g/mol. The monoisotopic (exact) mass is 649 g/mol. The molecule has 1 amide bonds. The van der Waals surface area contributed by atoms with E-state index in [1.165, 1.54) is 70.7 Å². The van der Waals surface area contributed by atoms with E-state index in [9.17, 15) is 21.6 Å². The number of thioether (sulfide) groups is 1. The van der Waals surface area contributed by atoms with Crippen LogP contribution in [-0.4, -0.2) is 35.5 Å². The molecule has 0 aliphatic heterocycles. The van der Waals surface area contributed by atoms with E-state index in [0.717, 1.165) is 4.90 Å². The van der Waals surface area contributed by atoms with E-state index in [1.807, 2.05) is 6.26 Å². The van der Waals surface area contributed by atoms with Crippen molar-refractivity contribution < 1.29 is 21.6 Å². The van der Waals surface area contributed by atoms with Crippen molar-refractivity contribution in [3.63, 3.8) is 0 Å². The number of benzene rings is 4. The number of anilines is 3. The van der Waals surface area contributed by atoms with Crippen LogP contribution in [0.25, 0.3) is 0 Å². The summed E-state index contributed by atoms with van der Waals surface area (Å²) in [7, 11) is -7.74. The molecule has 0 unspecified atom stereocenters. The second-order valence-corrected chi connectivity index (χ2v) is 13.9. The van der Waals surface area contributed by atoms with Gasteiger partial charge in [-0.3, -0.25) is 13.8 Å². The molecule has 4 rings (SSSR count). The summed E-state index contributed by atoms with van der Waals surface area (Å²) >= 11 is 13.5. The highest BCUT2D eigenvalue weighted by Gasteiger charge is 2.24. The van der Waals surface area contributed by atoms with Crippen LogP contribution in [0.15, 0.2) is 106 Å². The number of halogens is 2. The minimum atomic E-state index is -3.94. The molecule has 8 nitrogen and oxygen atoms in total. The zero-order valence-corrected chi connectivity index (χ0v) is 25.8. The Labute approximate surface area is 253 Å². The average molecular weight is 651 g/mol. The standard InChI is InChI=1S/C28H25Cl2N3O5S3/c1-3-33(41(37,38)25-15-11-23(39-2)12-16-25)22-9-4-19(5-10-22)28(34)31-21-7-13-24(14-8-21)40(35,36)32-27-17-6-20(29)18-26(27)30/h4-18,32H,3H2,1-2H3,(H,31,34). The van der Waals surface area contributed by atoms with Crippen LogP contribution in [0.4, 0.5) is 17.1 Å². The molecule has 214 valence electrons. The van der Waals surface area contributed by atoms with Crippen molar-refractivity contribution in [2.24, 2.45) is 0 Å². The van der Waals surface area contributed by atoms with Gasteiger partial charge in [-0.25, -0.2) is 16.8 Å². The molecule has 0 heterocycles. The van der Waals surface area contributed by atoms with Crippen molar-refractivity contribution >= 4 is 78.0 Å². The highest BCUT2D eigenvalue weighted by atomic mass is 35.5. The molecule has 0 fully saturated rings. The SMILES string of the molecule is CCN(c1ccc(C(=O)Nc2ccc(S(=O)(=O)Nc3ccc(Cl)cc3Cl)cc2)cc1)S(=O)(=O)c1ccc(SC)cc1. The van der Waals surface area contributed by atoms with Crippen molar-refractivity contribution in [3.8, 4) is 0 Å². The number of hydrogen-bond acceptors (Lipinski definition) is 6. The molecule has 0 spiro atoms. The highest BCUT2D eigenvalue weighted by molar-refractivity contribution is 7.98. The number of nitrogens with zero attached hydrogens (tertiary/aromatic N) is 1. The summed E-state index contributed by atoms with van der Waals surface area (Å²) in [4.78, 5) is 13.9. The minimum Gasteiger partial charge on any atom is -0.322 e. The van der Waals surface area contributed by atoms with Crippen LogP contribution in [-0.2, 0) is 20.0 Å². The van der Waals surface area contributed by atoms with Crippen LogP contribution in [0.3, 0.4) is 0 Å². The van der Waals surface area contributed by atoms with Gasteiger partial charge in [0.25, 0.3) is 26.0 Å². The van der Waals surface area contributed by atoms with E-state index in [1.54, 1.807) is 43.3 Å². The third-order valence-corrected chi connectivity index (χ3v) is 10.5. The molecule has 0 atom stereocenters. The molecule has 0 saturated carbocycles. The maximum atomic E-state index is 13.2. The molecule has 4 aromatic carbocycles. The molecule has 2 N–H and O–H groups in total. The average Bonchev–Trinajstić information content (AvgIpc) is 2.95. The van der Waals surface area contributed by atoms with E-state index in [-0.39, 0.29) is 27.0 Å². The van der Waals surface area contributed by atoms with Gasteiger partial charge in [0, 0.05) is 27.7 Å². The molecule has 0 saturated heterocycles. The van der Waals surface area contributed by atoms with Gasteiger partial charge in [0.05, 0.1) is 26.2 Å². The molecule has 0 radical (unpaired) electrons. The first-order valence-corrected chi connectivity index (χ1v) is 17.0. The van der Waals surface area contributed by atoms with Crippen molar-refractivity contribution in [2.75, 3.05) is 27.1 Å². The van der Waals surface area contributed by atoms with E-state index < -0.39 is 26.0 Å². The molecule has 13 heteroatoms. The Morgan fingerprint density at radius 3 is 2.00 bits per heavy atom. The van der Waals surface area contributed by atoms with Crippen molar-refractivity contribution in [1.82, 2.24) is 0 Å². The second kappa shape index (κ2) is 12.7. The van der Waals surface area contributed by atoms with Crippen LogP contribution in [0, 0.1) is 0 Å². The lowest BCUT2D eigenvalue weighted by atomic mass is 10.2. The lowest BCUT2D eigenvalue weighted by Crippen LogP contribution is -2.30. The molecule has 41 heavy (non-hydrogen) atoms.